The summed E-state index contributed by atoms with van der Waals surface area (Å²) in [6.07, 6.45) is 4.75. The molecule has 0 spiro atoms. The largest absolute Gasteiger partial charge is 0.311 e. The van der Waals surface area contributed by atoms with Crippen molar-refractivity contribution in [1.82, 2.24) is 9.38 Å². The van der Waals surface area contributed by atoms with E-state index in [1.165, 1.54) is 17.3 Å². The molecule has 4 nitrogen and oxygen atoms in total. The number of amides is 1. The van der Waals surface area contributed by atoms with Crippen LogP contribution in [0.2, 0.25) is 0 Å². The third-order valence-electron chi connectivity index (χ3n) is 3.92. The predicted octanol–water partition coefficient (Wildman–Crippen LogP) is 3.02. The fourth-order valence-electron chi connectivity index (χ4n) is 2.83. The maximum Gasteiger partial charge on any atom is 0.237 e. The molecule has 0 atom stereocenters. The van der Waals surface area contributed by atoms with Gasteiger partial charge in [-0.1, -0.05) is 36.0 Å². The Labute approximate surface area is 132 Å². The number of rotatable bonds is 3. The van der Waals surface area contributed by atoms with Gasteiger partial charge >= 0.3 is 0 Å². The molecule has 0 radical (unpaired) electrons. The molecule has 0 N–H and O–H groups in total. The number of pyridine rings is 1. The van der Waals surface area contributed by atoms with Gasteiger partial charge in [0, 0.05) is 18.4 Å². The van der Waals surface area contributed by atoms with Crippen molar-refractivity contribution in [3.05, 3.63) is 60.4 Å². The maximum atomic E-state index is 12.5. The predicted molar refractivity (Wildman–Crippen MR) is 88.4 cm³/mol. The molecule has 0 unspecified atom stereocenters. The van der Waals surface area contributed by atoms with Crippen LogP contribution < -0.4 is 4.90 Å². The second-order valence-electron chi connectivity index (χ2n) is 5.25. The van der Waals surface area contributed by atoms with Crippen molar-refractivity contribution in [3.8, 4) is 0 Å². The van der Waals surface area contributed by atoms with E-state index in [1.807, 2.05) is 58.1 Å². The standard InChI is InChI=1S/C17H15N3OS/c21-16(20-10-8-13-5-1-2-7-15(13)20)12-22-17-18-11-14-6-3-4-9-19(14)17/h1-7,9,11H,8,10,12H2. The van der Waals surface area contributed by atoms with Gasteiger partial charge in [-0.25, -0.2) is 4.98 Å². The number of anilines is 1. The second-order valence-corrected chi connectivity index (χ2v) is 6.19. The SMILES string of the molecule is O=C(CSc1ncc2ccccn12)N1CCc2ccccc21. The number of fused-ring (bicyclic) bond motifs is 2. The van der Waals surface area contributed by atoms with Crippen molar-refractivity contribution in [3.63, 3.8) is 0 Å². The Balaban J connectivity index is 1.49. The first kappa shape index (κ1) is 13.4. The number of imidazole rings is 1. The smallest absolute Gasteiger partial charge is 0.237 e. The van der Waals surface area contributed by atoms with Crippen molar-refractivity contribution in [2.45, 2.75) is 11.6 Å². The van der Waals surface area contributed by atoms with Gasteiger partial charge in [0.05, 0.1) is 17.5 Å². The van der Waals surface area contributed by atoms with Crippen molar-refractivity contribution in [2.24, 2.45) is 0 Å². The van der Waals surface area contributed by atoms with Gasteiger partial charge in [0.15, 0.2) is 5.16 Å². The normalized spacial score (nSPS) is 13.5. The lowest BCUT2D eigenvalue weighted by atomic mass is 10.2. The molecular weight excluding hydrogens is 294 g/mol. The molecule has 3 aromatic rings. The molecule has 0 aliphatic carbocycles. The van der Waals surface area contributed by atoms with E-state index in [9.17, 15) is 4.79 Å². The van der Waals surface area contributed by atoms with E-state index in [2.05, 4.69) is 11.1 Å². The number of benzene rings is 1. The van der Waals surface area contributed by atoms with Gasteiger partial charge in [0.1, 0.15) is 0 Å². The molecule has 1 aliphatic heterocycles. The highest BCUT2D eigenvalue weighted by atomic mass is 32.2. The number of carbonyl (C=O) groups is 1. The number of hydrogen-bond acceptors (Lipinski definition) is 3. The summed E-state index contributed by atoms with van der Waals surface area (Å²) in [6, 6.07) is 14.1. The fourth-order valence-corrected chi connectivity index (χ4v) is 3.67. The summed E-state index contributed by atoms with van der Waals surface area (Å²) >= 11 is 1.49. The van der Waals surface area contributed by atoms with Crippen LogP contribution in [0.4, 0.5) is 5.69 Å². The monoisotopic (exact) mass is 309 g/mol. The lowest BCUT2D eigenvalue weighted by Crippen LogP contribution is -2.30. The Morgan fingerprint density at radius 1 is 1.18 bits per heavy atom. The Hall–Kier alpha value is -2.27. The zero-order chi connectivity index (χ0) is 14.9. The molecule has 0 saturated heterocycles. The highest BCUT2D eigenvalue weighted by Crippen LogP contribution is 2.28. The number of nitrogens with zero attached hydrogens (tertiary/aromatic N) is 3. The zero-order valence-corrected chi connectivity index (χ0v) is 12.8. The van der Waals surface area contributed by atoms with E-state index >= 15 is 0 Å². The van der Waals surface area contributed by atoms with E-state index in [0.717, 1.165) is 29.3 Å². The van der Waals surface area contributed by atoms with Crippen molar-refractivity contribution >= 4 is 28.9 Å². The van der Waals surface area contributed by atoms with Crippen LogP contribution in [0.15, 0.2) is 60.0 Å². The van der Waals surface area contributed by atoms with E-state index in [4.69, 9.17) is 0 Å². The molecule has 0 fully saturated rings. The van der Waals surface area contributed by atoms with Crippen LogP contribution >= 0.6 is 11.8 Å². The van der Waals surface area contributed by atoms with Gasteiger partial charge in [0.2, 0.25) is 5.91 Å². The van der Waals surface area contributed by atoms with Crippen molar-refractivity contribution in [1.29, 1.82) is 0 Å². The summed E-state index contributed by atoms with van der Waals surface area (Å²) < 4.78 is 2.01. The van der Waals surface area contributed by atoms with Crippen LogP contribution in [0.5, 0.6) is 0 Å². The third kappa shape index (κ3) is 2.27. The second kappa shape index (κ2) is 5.50. The average Bonchev–Trinajstić information content (AvgIpc) is 3.17. The van der Waals surface area contributed by atoms with Crippen molar-refractivity contribution in [2.75, 3.05) is 17.2 Å². The first-order valence-corrected chi connectivity index (χ1v) is 8.24. The van der Waals surface area contributed by atoms with Gasteiger partial charge in [-0.2, -0.15) is 0 Å². The molecule has 5 heteroatoms. The van der Waals surface area contributed by atoms with Crippen LogP contribution in [-0.4, -0.2) is 27.6 Å². The van der Waals surface area contributed by atoms with Crippen LogP contribution in [-0.2, 0) is 11.2 Å². The molecular formula is C17H15N3OS. The number of hydrogen-bond donors (Lipinski definition) is 0. The maximum absolute atomic E-state index is 12.5. The average molecular weight is 309 g/mol. The highest BCUT2D eigenvalue weighted by Gasteiger charge is 2.24. The van der Waals surface area contributed by atoms with Gasteiger partial charge in [-0.15, -0.1) is 0 Å². The number of para-hydroxylation sites is 1. The molecule has 1 aromatic carbocycles. The summed E-state index contributed by atoms with van der Waals surface area (Å²) in [5.41, 5.74) is 3.36. The molecule has 2 aromatic heterocycles. The molecule has 4 rings (SSSR count). The Morgan fingerprint density at radius 3 is 3.00 bits per heavy atom. The van der Waals surface area contributed by atoms with Gasteiger partial charge < -0.3 is 4.90 Å². The van der Waals surface area contributed by atoms with E-state index in [0.29, 0.717) is 5.75 Å². The van der Waals surface area contributed by atoms with Crippen LogP contribution in [0.3, 0.4) is 0 Å². The molecule has 22 heavy (non-hydrogen) atoms. The summed E-state index contributed by atoms with van der Waals surface area (Å²) in [4.78, 5) is 18.8. The number of aromatic nitrogens is 2. The quantitative estimate of drug-likeness (QED) is 0.698. The molecule has 0 bridgehead atoms. The molecule has 3 heterocycles. The topological polar surface area (TPSA) is 37.6 Å². The molecule has 1 aliphatic rings. The van der Waals surface area contributed by atoms with Crippen molar-refractivity contribution < 1.29 is 4.79 Å². The Bertz CT molecular complexity index is 843. The lowest BCUT2D eigenvalue weighted by Gasteiger charge is -2.16. The first-order valence-electron chi connectivity index (χ1n) is 7.26. The number of carbonyl (C=O) groups excluding carboxylic acids is 1. The minimum Gasteiger partial charge on any atom is -0.311 e. The summed E-state index contributed by atoms with van der Waals surface area (Å²) in [6.45, 7) is 0.779. The lowest BCUT2D eigenvalue weighted by molar-refractivity contribution is -0.116. The molecule has 1 amide bonds. The van der Waals surface area contributed by atoms with E-state index < -0.39 is 0 Å². The van der Waals surface area contributed by atoms with Gasteiger partial charge in [-0.3, -0.25) is 9.20 Å². The van der Waals surface area contributed by atoms with Gasteiger partial charge in [0.25, 0.3) is 0 Å². The van der Waals surface area contributed by atoms with E-state index in [1.54, 1.807) is 0 Å². The highest BCUT2D eigenvalue weighted by molar-refractivity contribution is 7.99. The van der Waals surface area contributed by atoms with Gasteiger partial charge in [-0.05, 0) is 30.2 Å². The fraction of sp³-hybridized carbons (Fsp3) is 0.176. The van der Waals surface area contributed by atoms with Crippen LogP contribution in [0.1, 0.15) is 5.56 Å². The summed E-state index contributed by atoms with van der Waals surface area (Å²) in [5, 5.41) is 0.858. The minimum atomic E-state index is 0.141. The van der Waals surface area contributed by atoms with Crippen LogP contribution in [0.25, 0.3) is 5.52 Å². The minimum absolute atomic E-state index is 0.141. The zero-order valence-electron chi connectivity index (χ0n) is 12.0. The van der Waals surface area contributed by atoms with E-state index in [-0.39, 0.29) is 5.91 Å². The molecule has 110 valence electrons. The first-order chi connectivity index (χ1) is 10.8. The third-order valence-corrected chi connectivity index (χ3v) is 4.87. The molecule has 0 saturated carbocycles. The number of thioether (sulfide) groups is 1. The summed E-state index contributed by atoms with van der Waals surface area (Å²) in [7, 11) is 0. The Kier molecular flexibility index (Phi) is 3.35. The summed E-state index contributed by atoms with van der Waals surface area (Å²) in [5.74, 6) is 0.546. The van der Waals surface area contributed by atoms with Crippen LogP contribution in [0, 0.1) is 0 Å². The Morgan fingerprint density at radius 2 is 2.05 bits per heavy atom.